The van der Waals surface area contributed by atoms with Gasteiger partial charge in [-0.25, -0.2) is 0 Å². The van der Waals surface area contributed by atoms with E-state index in [1.165, 1.54) is 0 Å². The minimum absolute atomic E-state index is 0.00401. The van der Waals surface area contributed by atoms with Gasteiger partial charge in [-0.05, 0) is 86.6 Å². The molecule has 0 aromatic heterocycles. The summed E-state index contributed by atoms with van der Waals surface area (Å²) in [6.45, 7) is 16.3. The average molecular weight is 526 g/mol. The van der Waals surface area contributed by atoms with Crippen LogP contribution in [0.25, 0.3) is 11.1 Å². The van der Waals surface area contributed by atoms with E-state index in [-0.39, 0.29) is 11.9 Å². The fourth-order valence-corrected chi connectivity index (χ4v) is 4.54. The van der Waals surface area contributed by atoms with Gasteiger partial charge in [0.25, 0.3) is 0 Å². The number of ether oxygens (including phenoxy) is 2. The summed E-state index contributed by atoms with van der Waals surface area (Å²) >= 11 is 0. The van der Waals surface area contributed by atoms with Crippen molar-refractivity contribution in [2.75, 3.05) is 7.11 Å². The molecule has 0 saturated heterocycles. The first kappa shape index (κ1) is 31.4. The van der Waals surface area contributed by atoms with Crippen LogP contribution < -0.4 is 9.47 Å². The average Bonchev–Trinajstić information content (AvgIpc) is 2.94. The standard InChI is InChI=1S/C35H43NO3/c1-9-12-15-31(13-10-2)39-34-19-17-29(21-30(34)23-36)33(14-11-3)26(6)24(4)20-25(5)32-18-16-28(27(7)37)22-35(32)38-8/h11,14,16-22,31H,4,9-10,12-13,15H2,1-3,5-8H3/b14-11-,25-20+,33-26+. The highest BCUT2D eigenvalue weighted by atomic mass is 16.5. The number of methoxy groups -OCH3 is 1. The number of carbonyl (C=O) groups is 1. The van der Waals surface area contributed by atoms with Gasteiger partial charge in [-0.2, -0.15) is 5.26 Å². The van der Waals surface area contributed by atoms with Gasteiger partial charge in [-0.3, -0.25) is 4.79 Å². The molecule has 4 nitrogen and oxygen atoms in total. The van der Waals surface area contributed by atoms with Crippen LogP contribution in [0.2, 0.25) is 0 Å². The molecule has 2 aromatic rings. The van der Waals surface area contributed by atoms with Gasteiger partial charge in [0.15, 0.2) is 5.78 Å². The molecule has 1 unspecified atom stereocenters. The Morgan fingerprint density at radius 2 is 1.74 bits per heavy atom. The number of unbranched alkanes of at least 4 members (excludes halogenated alkanes) is 1. The van der Waals surface area contributed by atoms with Crippen molar-refractivity contribution < 1.29 is 14.3 Å². The molecule has 0 fully saturated rings. The molecule has 1 atom stereocenters. The predicted octanol–water partition coefficient (Wildman–Crippen LogP) is 9.52. The molecule has 0 radical (unpaired) electrons. The number of allylic oxidation sites excluding steroid dienone is 7. The molecule has 0 amide bonds. The second kappa shape index (κ2) is 15.5. The molecule has 0 aliphatic heterocycles. The number of carbonyl (C=O) groups excluding carboxylic acids is 1. The van der Waals surface area contributed by atoms with Crippen LogP contribution in [-0.2, 0) is 0 Å². The molecule has 0 aliphatic rings. The summed E-state index contributed by atoms with van der Waals surface area (Å²) in [7, 11) is 1.61. The molecule has 4 heteroatoms. The Bertz CT molecular complexity index is 1300. The SMILES string of the molecule is C=C(/C=C(\C)c1ccc(C(C)=O)cc1OC)/C(C)=C(\C=C/C)c1ccc(OC(CCC)CCCC)c(C#N)c1. The first-order valence-electron chi connectivity index (χ1n) is 13.8. The third-order valence-corrected chi connectivity index (χ3v) is 6.84. The van der Waals surface area contributed by atoms with E-state index in [4.69, 9.17) is 9.47 Å². The monoisotopic (exact) mass is 525 g/mol. The Hall–Kier alpha value is -3.84. The number of benzene rings is 2. The van der Waals surface area contributed by atoms with E-state index in [1.807, 2.05) is 69.3 Å². The van der Waals surface area contributed by atoms with Crippen molar-refractivity contribution in [1.82, 2.24) is 0 Å². The summed E-state index contributed by atoms with van der Waals surface area (Å²) in [4.78, 5) is 11.8. The maximum atomic E-state index is 11.8. The fourth-order valence-electron chi connectivity index (χ4n) is 4.54. The van der Waals surface area contributed by atoms with E-state index in [1.54, 1.807) is 20.1 Å². The Morgan fingerprint density at radius 1 is 1.03 bits per heavy atom. The molecule has 0 aliphatic carbocycles. The molecule has 0 bridgehead atoms. The zero-order valence-electron chi connectivity index (χ0n) is 24.7. The number of Topliss-reactive ketones (excluding diaryl/α,β-unsaturated/α-hetero) is 1. The van der Waals surface area contributed by atoms with Gasteiger partial charge in [0.2, 0.25) is 0 Å². The molecular formula is C35H43NO3. The lowest BCUT2D eigenvalue weighted by Gasteiger charge is -2.20. The van der Waals surface area contributed by atoms with Crippen molar-refractivity contribution >= 4 is 16.9 Å². The smallest absolute Gasteiger partial charge is 0.159 e. The molecule has 0 saturated carbocycles. The number of nitriles is 1. The second-order valence-electron chi connectivity index (χ2n) is 9.86. The molecular weight excluding hydrogens is 482 g/mol. The Labute approximate surface area is 235 Å². The molecule has 0 heterocycles. The number of nitrogens with zero attached hydrogens (tertiary/aromatic N) is 1. The molecule has 0 N–H and O–H groups in total. The van der Waals surface area contributed by atoms with E-state index >= 15 is 0 Å². The van der Waals surface area contributed by atoms with Crippen molar-refractivity contribution in [3.05, 3.63) is 94.6 Å². The maximum absolute atomic E-state index is 11.8. The van der Waals surface area contributed by atoms with Crippen LogP contribution >= 0.6 is 0 Å². The van der Waals surface area contributed by atoms with Crippen LogP contribution in [0.5, 0.6) is 11.5 Å². The van der Waals surface area contributed by atoms with Gasteiger partial charge in [-0.15, -0.1) is 0 Å². The lowest BCUT2D eigenvalue weighted by molar-refractivity contribution is 0.101. The van der Waals surface area contributed by atoms with Crippen molar-refractivity contribution in [2.24, 2.45) is 0 Å². The predicted molar refractivity (Wildman–Crippen MR) is 163 cm³/mol. The van der Waals surface area contributed by atoms with Crippen LogP contribution in [0.15, 0.2) is 72.4 Å². The fraction of sp³-hybridized carbons (Fsp3) is 0.371. The number of ketones is 1. The van der Waals surface area contributed by atoms with E-state index in [2.05, 4.69) is 26.5 Å². The van der Waals surface area contributed by atoms with Crippen LogP contribution in [0, 0.1) is 11.3 Å². The molecule has 2 aromatic carbocycles. The second-order valence-corrected chi connectivity index (χ2v) is 9.86. The van der Waals surface area contributed by atoms with E-state index in [0.29, 0.717) is 22.6 Å². The molecule has 0 spiro atoms. The lowest BCUT2D eigenvalue weighted by Crippen LogP contribution is -2.16. The van der Waals surface area contributed by atoms with Gasteiger partial charge in [0, 0.05) is 11.1 Å². The van der Waals surface area contributed by atoms with Crippen LogP contribution in [-0.4, -0.2) is 19.0 Å². The molecule has 2 rings (SSSR count). The van der Waals surface area contributed by atoms with Crippen molar-refractivity contribution in [3.8, 4) is 17.6 Å². The van der Waals surface area contributed by atoms with Crippen molar-refractivity contribution in [3.63, 3.8) is 0 Å². The number of rotatable bonds is 14. The van der Waals surface area contributed by atoms with Crippen molar-refractivity contribution in [1.29, 1.82) is 5.26 Å². The summed E-state index contributed by atoms with van der Waals surface area (Å²) in [5.74, 6) is 1.29. The third kappa shape index (κ3) is 8.58. The topological polar surface area (TPSA) is 59.3 Å². The van der Waals surface area contributed by atoms with Gasteiger partial charge < -0.3 is 9.47 Å². The minimum Gasteiger partial charge on any atom is -0.496 e. The maximum Gasteiger partial charge on any atom is 0.159 e. The first-order chi connectivity index (χ1) is 18.7. The Kier molecular flexibility index (Phi) is 12.5. The number of hydrogen-bond acceptors (Lipinski definition) is 4. The highest BCUT2D eigenvalue weighted by molar-refractivity contribution is 5.95. The van der Waals surface area contributed by atoms with Gasteiger partial charge in [0.1, 0.15) is 17.6 Å². The summed E-state index contributed by atoms with van der Waals surface area (Å²) in [6, 6.07) is 13.7. The zero-order chi connectivity index (χ0) is 28.9. The van der Waals surface area contributed by atoms with Gasteiger partial charge >= 0.3 is 0 Å². The molecule has 206 valence electrons. The van der Waals surface area contributed by atoms with Crippen LogP contribution in [0.1, 0.15) is 101 Å². The van der Waals surface area contributed by atoms with Crippen molar-refractivity contribution in [2.45, 2.75) is 79.8 Å². The van der Waals surface area contributed by atoms with Crippen LogP contribution in [0.4, 0.5) is 0 Å². The van der Waals surface area contributed by atoms with E-state index < -0.39 is 0 Å². The summed E-state index contributed by atoms with van der Waals surface area (Å²) in [5.41, 5.74) is 6.79. The quantitative estimate of drug-likeness (QED) is 0.182. The third-order valence-electron chi connectivity index (χ3n) is 6.84. The largest absolute Gasteiger partial charge is 0.496 e. The summed E-state index contributed by atoms with van der Waals surface area (Å²) < 4.78 is 11.9. The Balaban J connectivity index is 2.46. The molecule has 39 heavy (non-hydrogen) atoms. The highest BCUT2D eigenvalue weighted by Gasteiger charge is 2.15. The van der Waals surface area contributed by atoms with E-state index in [0.717, 1.165) is 65.5 Å². The van der Waals surface area contributed by atoms with Gasteiger partial charge in [0.05, 0.1) is 18.8 Å². The normalized spacial score (nSPS) is 13.0. The Morgan fingerprint density at radius 3 is 2.33 bits per heavy atom. The summed E-state index contributed by atoms with van der Waals surface area (Å²) in [5, 5.41) is 9.95. The minimum atomic E-state index is -0.00401. The number of hydrogen-bond donors (Lipinski definition) is 0. The highest BCUT2D eigenvalue weighted by Crippen LogP contribution is 2.33. The zero-order valence-corrected chi connectivity index (χ0v) is 24.7. The first-order valence-corrected chi connectivity index (χ1v) is 13.8. The summed E-state index contributed by atoms with van der Waals surface area (Å²) in [6.07, 6.45) is 11.4. The van der Waals surface area contributed by atoms with Gasteiger partial charge in [-0.1, -0.05) is 76.1 Å². The van der Waals surface area contributed by atoms with Crippen LogP contribution in [0.3, 0.4) is 0 Å². The lowest BCUT2D eigenvalue weighted by atomic mass is 9.92. The van der Waals surface area contributed by atoms with E-state index in [9.17, 15) is 10.1 Å².